The van der Waals surface area contributed by atoms with Gasteiger partial charge in [-0.1, -0.05) is 12.5 Å². The maximum Gasteiger partial charge on any atom is 0.193 e. The molecule has 1 saturated carbocycles. The van der Waals surface area contributed by atoms with E-state index >= 15 is 0 Å². The van der Waals surface area contributed by atoms with Gasteiger partial charge >= 0.3 is 0 Å². The summed E-state index contributed by atoms with van der Waals surface area (Å²) in [6.07, 6.45) is 6.15. The van der Waals surface area contributed by atoms with Crippen LogP contribution >= 0.6 is 24.0 Å². The molecule has 7 heteroatoms. The van der Waals surface area contributed by atoms with Crippen molar-refractivity contribution in [3.8, 4) is 11.5 Å². The van der Waals surface area contributed by atoms with Crippen molar-refractivity contribution in [2.75, 3.05) is 25.1 Å². The quantitative estimate of drug-likeness (QED) is 0.396. The zero-order valence-electron chi connectivity index (χ0n) is 15.2. The second-order valence-corrected chi connectivity index (χ2v) is 6.89. The number of ether oxygens (including phenoxy) is 2. The van der Waals surface area contributed by atoms with Crippen LogP contribution in [-0.4, -0.2) is 30.7 Å². The van der Waals surface area contributed by atoms with Crippen LogP contribution in [0.5, 0.6) is 11.5 Å². The predicted octanol–water partition coefficient (Wildman–Crippen LogP) is 3.71. The zero-order chi connectivity index (χ0) is 17.8. The second-order valence-electron chi connectivity index (χ2n) is 6.89. The molecule has 1 fully saturated rings. The number of nitrogens with zero attached hydrogens (tertiary/aromatic N) is 2. The summed E-state index contributed by atoms with van der Waals surface area (Å²) in [7, 11) is 0. The molecule has 0 saturated heterocycles. The minimum atomic E-state index is 0. The van der Waals surface area contributed by atoms with Crippen molar-refractivity contribution in [3.05, 3.63) is 48.3 Å². The first-order chi connectivity index (χ1) is 12.8. The Bertz CT molecular complexity index is 794. The van der Waals surface area contributed by atoms with E-state index in [-0.39, 0.29) is 29.4 Å². The van der Waals surface area contributed by atoms with E-state index in [0.717, 1.165) is 42.1 Å². The molecular formula is C20H25IN4O2. The summed E-state index contributed by atoms with van der Waals surface area (Å²) in [5, 5.41) is 3.16. The third kappa shape index (κ3) is 4.45. The molecule has 1 aliphatic heterocycles. The van der Waals surface area contributed by atoms with Crippen molar-refractivity contribution in [2.45, 2.75) is 31.1 Å². The van der Waals surface area contributed by atoms with Crippen molar-refractivity contribution in [1.29, 1.82) is 0 Å². The van der Waals surface area contributed by atoms with Crippen LogP contribution in [0.25, 0.3) is 0 Å². The average molecular weight is 480 g/mol. The number of halogens is 1. The van der Waals surface area contributed by atoms with Gasteiger partial charge in [0.15, 0.2) is 17.5 Å². The van der Waals surface area contributed by atoms with Crippen LogP contribution in [-0.2, 0) is 5.41 Å². The summed E-state index contributed by atoms with van der Waals surface area (Å²) in [6, 6.07) is 11.8. The smallest absolute Gasteiger partial charge is 0.193 e. The summed E-state index contributed by atoms with van der Waals surface area (Å²) in [6.45, 7) is 1.99. The van der Waals surface area contributed by atoms with Crippen LogP contribution < -0.4 is 20.5 Å². The molecule has 2 aliphatic rings. The number of nitrogens with one attached hydrogen (secondary N) is 1. The Balaban J connectivity index is 0.00000210. The standard InChI is InChI=1S/C20H24N4O2.HI/c21-19(23-14-20(8-3-9-20)18-5-1-2-10-22-18)24-15-6-7-16-17(13-15)26-12-4-11-25-16;/h1-2,5-7,10,13H,3-4,8-9,11-12,14H2,(H3,21,23,24);1H. The fourth-order valence-corrected chi connectivity index (χ4v) is 3.44. The minimum absolute atomic E-state index is 0. The highest BCUT2D eigenvalue weighted by atomic mass is 127. The molecule has 0 amide bonds. The summed E-state index contributed by atoms with van der Waals surface area (Å²) in [5.74, 6) is 1.91. The van der Waals surface area contributed by atoms with E-state index in [0.29, 0.717) is 25.7 Å². The molecule has 3 N–H and O–H groups in total. The number of anilines is 1. The van der Waals surface area contributed by atoms with Crippen LogP contribution in [0, 0.1) is 0 Å². The van der Waals surface area contributed by atoms with E-state index in [9.17, 15) is 0 Å². The Kier molecular flexibility index (Phi) is 6.41. The first-order valence-electron chi connectivity index (χ1n) is 9.13. The Morgan fingerprint density at radius 2 is 1.93 bits per heavy atom. The van der Waals surface area contributed by atoms with E-state index in [4.69, 9.17) is 15.2 Å². The van der Waals surface area contributed by atoms with Crippen LogP contribution in [0.15, 0.2) is 47.6 Å². The lowest BCUT2D eigenvalue weighted by Gasteiger charge is -2.40. The van der Waals surface area contributed by atoms with E-state index in [1.54, 1.807) is 0 Å². The van der Waals surface area contributed by atoms with Crippen molar-refractivity contribution < 1.29 is 9.47 Å². The van der Waals surface area contributed by atoms with E-state index in [1.807, 2.05) is 36.5 Å². The molecule has 1 aliphatic carbocycles. The Hall–Kier alpha value is -2.03. The maximum atomic E-state index is 6.12. The number of benzene rings is 1. The third-order valence-electron chi connectivity index (χ3n) is 5.09. The molecule has 144 valence electrons. The first kappa shape index (κ1) is 19.7. The lowest BCUT2D eigenvalue weighted by molar-refractivity contribution is 0.246. The van der Waals surface area contributed by atoms with Gasteiger partial charge < -0.3 is 20.5 Å². The lowest BCUT2D eigenvalue weighted by Crippen LogP contribution is -2.39. The molecular weight excluding hydrogens is 455 g/mol. The topological polar surface area (TPSA) is 81.8 Å². The SMILES string of the molecule is I.NC(=NCC1(c2ccccn2)CCC1)Nc1ccc2c(c1)OCCCO2. The van der Waals surface area contributed by atoms with Gasteiger partial charge in [-0.3, -0.25) is 9.98 Å². The lowest BCUT2D eigenvalue weighted by atomic mass is 9.66. The monoisotopic (exact) mass is 480 g/mol. The number of hydrogen-bond donors (Lipinski definition) is 2. The number of rotatable bonds is 4. The van der Waals surface area contributed by atoms with Crippen LogP contribution in [0.1, 0.15) is 31.4 Å². The van der Waals surface area contributed by atoms with Gasteiger partial charge in [-0.05, 0) is 37.1 Å². The first-order valence-corrected chi connectivity index (χ1v) is 9.13. The van der Waals surface area contributed by atoms with Gasteiger partial charge in [0.25, 0.3) is 0 Å². The van der Waals surface area contributed by atoms with Gasteiger partial charge in [-0.25, -0.2) is 0 Å². The minimum Gasteiger partial charge on any atom is -0.490 e. The van der Waals surface area contributed by atoms with Gasteiger partial charge in [0.1, 0.15) is 0 Å². The van der Waals surface area contributed by atoms with Gasteiger partial charge in [-0.2, -0.15) is 0 Å². The fraction of sp³-hybridized carbons (Fsp3) is 0.400. The van der Waals surface area contributed by atoms with Crippen LogP contribution in [0.3, 0.4) is 0 Å². The Morgan fingerprint density at radius 1 is 1.11 bits per heavy atom. The molecule has 0 bridgehead atoms. The van der Waals surface area contributed by atoms with Gasteiger partial charge in [-0.15, -0.1) is 24.0 Å². The molecule has 6 nitrogen and oxygen atoms in total. The maximum absolute atomic E-state index is 6.12. The summed E-state index contributed by atoms with van der Waals surface area (Å²) in [5.41, 5.74) is 8.10. The highest BCUT2D eigenvalue weighted by Gasteiger charge is 2.39. The third-order valence-corrected chi connectivity index (χ3v) is 5.09. The Morgan fingerprint density at radius 3 is 2.63 bits per heavy atom. The number of aliphatic imine (C=N–C) groups is 1. The van der Waals surface area contributed by atoms with Gasteiger partial charge in [0.2, 0.25) is 0 Å². The fourth-order valence-electron chi connectivity index (χ4n) is 3.44. The number of guanidine groups is 1. The van der Waals surface area contributed by atoms with Crippen LogP contribution in [0.2, 0.25) is 0 Å². The molecule has 2 heterocycles. The summed E-state index contributed by atoms with van der Waals surface area (Å²) < 4.78 is 11.4. The molecule has 0 spiro atoms. The number of aromatic nitrogens is 1. The van der Waals surface area contributed by atoms with E-state index < -0.39 is 0 Å². The zero-order valence-corrected chi connectivity index (χ0v) is 17.5. The molecule has 1 aromatic carbocycles. The highest BCUT2D eigenvalue weighted by molar-refractivity contribution is 14.0. The highest BCUT2D eigenvalue weighted by Crippen LogP contribution is 2.43. The van der Waals surface area contributed by atoms with Gasteiger partial charge in [0.05, 0.1) is 19.8 Å². The molecule has 1 aromatic heterocycles. The summed E-state index contributed by atoms with van der Waals surface area (Å²) in [4.78, 5) is 9.12. The predicted molar refractivity (Wildman–Crippen MR) is 117 cm³/mol. The number of nitrogens with two attached hydrogens (primary N) is 1. The van der Waals surface area contributed by atoms with Crippen molar-refractivity contribution >= 4 is 35.6 Å². The second kappa shape index (κ2) is 8.77. The summed E-state index contributed by atoms with van der Waals surface area (Å²) >= 11 is 0. The van der Waals surface area contributed by atoms with Crippen molar-refractivity contribution in [1.82, 2.24) is 4.98 Å². The van der Waals surface area contributed by atoms with E-state index in [1.165, 1.54) is 6.42 Å². The van der Waals surface area contributed by atoms with Gasteiger partial charge in [0, 0.05) is 35.5 Å². The molecule has 0 radical (unpaired) electrons. The molecule has 0 atom stereocenters. The largest absolute Gasteiger partial charge is 0.490 e. The Labute approximate surface area is 176 Å². The van der Waals surface area contributed by atoms with Crippen molar-refractivity contribution in [3.63, 3.8) is 0 Å². The molecule has 0 unspecified atom stereocenters. The molecule has 4 rings (SSSR count). The molecule has 27 heavy (non-hydrogen) atoms. The van der Waals surface area contributed by atoms with Crippen LogP contribution in [0.4, 0.5) is 5.69 Å². The van der Waals surface area contributed by atoms with Crippen molar-refractivity contribution in [2.24, 2.45) is 10.7 Å². The average Bonchev–Trinajstić information content (AvgIpc) is 2.87. The van der Waals surface area contributed by atoms with E-state index in [2.05, 4.69) is 21.4 Å². The normalized spacial score (nSPS) is 17.9. The number of fused-ring (bicyclic) bond motifs is 1. The number of hydrogen-bond acceptors (Lipinski definition) is 4. The number of pyridine rings is 1. The molecule has 2 aromatic rings.